The second kappa shape index (κ2) is 11.3. The first-order valence-corrected chi connectivity index (χ1v) is 13.2. The first-order valence-electron chi connectivity index (χ1n) is 11.8. The van der Waals surface area contributed by atoms with E-state index in [1.54, 1.807) is 71.6 Å². The fourth-order valence-electron chi connectivity index (χ4n) is 4.17. The highest BCUT2D eigenvalue weighted by Gasteiger charge is 2.28. The Morgan fingerprint density at radius 2 is 1.61 bits per heavy atom. The van der Waals surface area contributed by atoms with Gasteiger partial charge in [-0.2, -0.15) is 0 Å². The molecule has 0 unspecified atom stereocenters. The summed E-state index contributed by atoms with van der Waals surface area (Å²) >= 11 is 0. The Balaban J connectivity index is 1.62. The molecule has 0 bridgehead atoms. The van der Waals surface area contributed by atoms with Crippen molar-refractivity contribution in [1.29, 1.82) is 0 Å². The maximum atomic E-state index is 13.5. The van der Waals surface area contributed by atoms with E-state index in [4.69, 9.17) is 4.74 Å². The summed E-state index contributed by atoms with van der Waals surface area (Å²) in [7, 11) is -2.58. The number of rotatable bonds is 8. The number of methoxy groups -OCH3 is 1. The lowest BCUT2D eigenvalue weighted by molar-refractivity contribution is -0.114. The van der Waals surface area contributed by atoms with Crippen molar-refractivity contribution < 1.29 is 22.7 Å². The summed E-state index contributed by atoms with van der Waals surface area (Å²) in [5, 5.41) is 2.76. The average Bonchev–Trinajstić information content (AvgIpc) is 2.92. The quantitative estimate of drug-likeness (QED) is 0.494. The molecular formula is C27H29N3O5S. The topological polar surface area (TPSA) is 96.0 Å². The molecule has 1 aliphatic rings. The Labute approximate surface area is 211 Å². The predicted molar refractivity (Wildman–Crippen MR) is 139 cm³/mol. The molecule has 1 N–H and O–H groups in total. The number of hydrogen-bond acceptors (Lipinski definition) is 5. The first kappa shape index (κ1) is 25.2. The fraction of sp³-hybridized carbons (Fsp3) is 0.259. The minimum Gasteiger partial charge on any atom is -0.497 e. The Hall–Kier alpha value is -3.85. The fourth-order valence-corrected chi connectivity index (χ4v) is 5.60. The van der Waals surface area contributed by atoms with Crippen molar-refractivity contribution in [3.8, 4) is 5.75 Å². The van der Waals surface area contributed by atoms with Crippen LogP contribution in [-0.4, -0.2) is 51.9 Å². The molecule has 0 spiro atoms. The molecule has 0 aliphatic carbocycles. The third-order valence-corrected chi connectivity index (χ3v) is 7.82. The number of hydrogen-bond donors (Lipinski definition) is 1. The molecule has 2 amide bonds. The Morgan fingerprint density at radius 1 is 0.917 bits per heavy atom. The summed E-state index contributed by atoms with van der Waals surface area (Å²) in [4.78, 5) is 28.2. The Kier molecular flexibility index (Phi) is 7.90. The Bertz CT molecular complexity index is 1320. The van der Waals surface area contributed by atoms with Crippen LogP contribution < -0.4 is 14.4 Å². The van der Waals surface area contributed by atoms with E-state index < -0.39 is 22.5 Å². The van der Waals surface area contributed by atoms with Crippen LogP contribution in [0, 0.1) is 0 Å². The second-order valence-electron chi connectivity index (χ2n) is 8.47. The number of anilines is 2. The number of piperidine rings is 1. The molecule has 0 atom stereocenters. The van der Waals surface area contributed by atoms with Gasteiger partial charge in [-0.3, -0.25) is 13.9 Å². The van der Waals surface area contributed by atoms with Crippen molar-refractivity contribution in [3.05, 3.63) is 84.4 Å². The number of likely N-dealkylation sites (tertiary alicyclic amines) is 1. The van der Waals surface area contributed by atoms with Gasteiger partial charge in [0.05, 0.1) is 28.9 Å². The number of sulfonamides is 1. The van der Waals surface area contributed by atoms with Crippen LogP contribution in [-0.2, 0) is 14.8 Å². The van der Waals surface area contributed by atoms with Gasteiger partial charge in [-0.1, -0.05) is 36.4 Å². The highest BCUT2D eigenvalue weighted by molar-refractivity contribution is 7.92. The second-order valence-corrected chi connectivity index (χ2v) is 10.3. The van der Waals surface area contributed by atoms with Crippen LogP contribution in [0.5, 0.6) is 5.75 Å². The molecule has 1 aliphatic heterocycles. The number of nitrogens with one attached hydrogen (secondary N) is 1. The Morgan fingerprint density at radius 3 is 2.33 bits per heavy atom. The lowest BCUT2D eigenvalue weighted by Gasteiger charge is -2.28. The van der Waals surface area contributed by atoms with E-state index in [9.17, 15) is 18.0 Å². The summed E-state index contributed by atoms with van der Waals surface area (Å²) < 4.78 is 33.4. The summed E-state index contributed by atoms with van der Waals surface area (Å²) in [6.07, 6.45) is 3.00. The minimum atomic E-state index is -4.07. The van der Waals surface area contributed by atoms with Gasteiger partial charge in [0, 0.05) is 19.2 Å². The molecule has 8 nitrogen and oxygen atoms in total. The van der Waals surface area contributed by atoms with Gasteiger partial charge in [-0.05, 0) is 55.7 Å². The maximum absolute atomic E-state index is 13.5. The van der Waals surface area contributed by atoms with Crippen LogP contribution >= 0.6 is 0 Å². The zero-order valence-electron chi connectivity index (χ0n) is 20.1. The molecule has 1 fully saturated rings. The number of nitrogens with zero attached hydrogens (tertiary/aromatic N) is 2. The number of benzene rings is 3. The van der Waals surface area contributed by atoms with Gasteiger partial charge in [0.1, 0.15) is 12.3 Å². The van der Waals surface area contributed by atoms with E-state index in [0.29, 0.717) is 30.1 Å². The number of para-hydroxylation sites is 1. The van der Waals surface area contributed by atoms with Gasteiger partial charge in [0.15, 0.2) is 0 Å². The van der Waals surface area contributed by atoms with Crippen LogP contribution in [0.3, 0.4) is 0 Å². The van der Waals surface area contributed by atoms with Crippen molar-refractivity contribution in [2.24, 2.45) is 0 Å². The monoisotopic (exact) mass is 507 g/mol. The van der Waals surface area contributed by atoms with Crippen molar-refractivity contribution >= 4 is 33.2 Å². The lowest BCUT2D eigenvalue weighted by atomic mass is 10.1. The summed E-state index contributed by atoms with van der Waals surface area (Å²) in [5.41, 5.74) is 1.01. The molecule has 36 heavy (non-hydrogen) atoms. The number of amides is 2. The minimum absolute atomic E-state index is 0.0568. The molecule has 1 heterocycles. The smallest absolute Gasteiger partial charge is 0.264 e. The van der Waals surface area contributed by atoms with Crippen LogP contribution in [0.2, 0.25) is 0 Å². The molecule has 188 valence electrons. The van der Waals surface area contributed by atoms with Gasteiger partial charge in [0.25, 0.3) is 15.9 Å². The van der Waals surface area contributed by atoms with Crippen molar-refractivity contribution in [2.75, 3.05) is 36.4 Å². The van der Waals surface area contributed by atoms with Gasteiger partial charge in [-0.15, -0.1) is 0 Å². The predicted octanol–water partition coefficient (Wildman–Crippen LogP) is 4.16. The summed E-state index contributed by atoms with van der Waals surface area (Å²) in [6.45, 7) is 0.872. The molecule has 0 radical (unpaired) electrons. The van der Waals surface area contributed by atoms with E-state index in [-0.39, 0.29) is 16.5 Å². The summed E-state index contributed by atoms with van der Waals surface area (Å²) in [6, 6.07) is 21.2. The van der Waals surface area contributed by atoms with Crippen LogP contribution in [0.1, 0.15) is 29.6 Å². The van der Waals surface area contributed by atoms with Crippen molar-refractivity contribution in [3.63, 3.8) is 0 Å². The van der Waals surface area contributed by atoms with E-state index in [2.05, 4.69) is 5.32 Å². The van der Waals surface area contributed by atoms with Gasteiger partial charge < -0.3 is 15.0 Å². The molecule has 3 aromatic carbocycles. The van der Waals surface area contributed by atoms with Crippen molar-refractivity contribution in [2.45, 2.75) is 24.2 Å². The molecule has 1 saturated heterocycles. The van der Waals surface area contributed by atoms with Crippen molar-refractivity contribution in [1.82, 2.24) is 4.90 Å². The SMILES string of the molecule is COc1cccc(N(CC(=O)Nc2ccccc2C(=O)N2CCCCC2)S(=O)(=O)c2ccccc2)c1. The number of carbonyl (C=O) groups excluding carboxylic acids is 2. The van der Waals surface area contributed by atoms with E-state index in [1.165, 1.54) is 19.2 Å². The normalized spacial score (nSPS) is 13.6. The molecule has 3 aromatic rings. The van der Waals surface area contributed by atoms with E-state index >= 15 is 0 Å². The molecule has 4 rings (SSSR count). The highest BCUT2D eigenvalue weighted by atomic mass is 32.2. The third kappa shape index (κ3) is 5.68. The van der Waals surface area contributed by atoms with Gasteiger partial charge in [-0.25, -0.2) is 8.42 Å². The molecular weight excluding hydrogens is 478 g/mol. The highest BCUT2D eigenvalue weighted by Crippen LogP contribution is 2.27. The standard InChI is InChI=1S/C27H29N3O5S/c1-35-22-12-10-11-21(19-22)30(36(33,34)23-13-4-2-5-14-23)20-26(31)28-25-16-7-6-15-24(25)27(32)29-17-8-3-9-18-29/h2,4-7,10-16,19H,3,8-9,17-18,20H2,1H3,(H,28,31). The molecule has 0 saturated carbocycles. The van der Waals surface area contributed by atoms with Crippen LogP contribution in [0.15, 0.2) is 83.8 Å². The maximum Gasteiger partial charge on any atom is 0.264 e. The third-order valence-electron chi connectivity index (χ3n) is 6.03. The lowest BCUT2D eigenvalue weighted by Crippen LogP contribution is -2.39. The van der Waals surface area contributed by atoms with E-state index in [1.807, 2.05) is 0 Å². The first-order chi connectivity index (χ1) is 17.4. The number of carbonyl (C=O) groups is 2. The molecule has 9 heteroatoms. The van der Waals surface area contributed by atoms with Crippen LogP contribution in [0.4, 0.5) is 11.4 Å². The molecule has 0 aromatic heterocycles. The largest absolute Gasteiger partial charge is 0.497 e. The summed E-state index contributed by atoms with van der Waals surface area (Å²) in [5.74, 6) is -0.262. The van der Waals surface area contributed by atoms with Crippen LogP contribution in [0.25, 0.3) is 0 Å². The van der Waals surface area contributed by atoms with E-state index in [0.717, 1.165) is 23.6 Å². The van der Waals surface area contributed by atoms with Gasteiger partial charge >= 0.3 is 0 Å². The zero-order valence-corrected chi connectivity index (χ0v) is 20.9. The van der Waals surface area contributed by atoms with Gasteiger partial charge in [0.2, 0.25) is 5.91 Å². The zero-order chi connectivity index (χ0) is 25.5. The number of ether oxygens (including phenoxy) is 1. The average molecular weight is 508 g/mol.